The molecule has 1 unspecified atom stereocenters. The first kappa shape index (κ1) is 12.6. The van der Waals surface area contributed by atoms with E-state index in [0.717, 1.165) is 30.4 Å². The zero-order chi connectivity index (χ0) is 13.2. The van der Waals surface area contributed by atoms with Crippen LogP contribution in [0.25, 0.3) is 0 Å². The third-order valence-electron chi connectivity index (χ3n) is 4.62. The monoisotopic (exact) mass is 263 g/mol. The first-order valence-electron chi connectivity index (χ1n) is 7.38. The first-order chi connectivity index (χ1) is 9.24. The third-order valence-corrected chi connectivity index (χ3v) is 4.62. The van der Waals surface area contributed by atoms with E-state index >= 15 is 0 Å². The van der Waals surface area contributed by atoms with Crippen molar-refractivity contribution in [3.05, 3.63) is 11.6 Å². The van der Waals surface area contributed by atoms with Gasteiger partial charge in [0.25, 0.3) is 0 Å². The summed E-state index contributed by atoms with van der Waals surface area (Å²) in [6.45, 7) is 0.553. The molecule has 1 N–H and O–H groups in total. The molecule has 0 amide bonds. The van der Waals surface area contributed by atoms with Crippen LogP contribution in [-0.4, -0.2) is 25.8 Å². The summed E-state index contributed by atoms with van der Waals surface area (Å²) >= 11 is 0. The smallest absolute Gasteiger partial charge is 0.308 e. The van der Waals surface area contributed by atoms with Crippen LogP contribution in [0.15, 0.2) is 0 Å². The molecular formula is C14H21N3O2. The summed E-state index contributed by atoms with van der Waals surface area (Å²) in [6, 6.07) is 0. The van der Waals surface area contributed by atoms with Gasteiger partial charge in [0, 0.05) is 19.4 Å². The summed E-state index contributed by atoms with van der Waals surface area (Å²) in [5.74, 6) is 1.84. The zero-order valence-electron chi connectivity index (χ0n) is 11.2. The van der Waals surface area contributed by atoms with E-state index in [-0.39, 0.29) is 5.92 Å². The number of carboxylic acid groups (broad SMARTS) is 1. The van der Waals surface area contributed by atoms with E-state index in [2.05, 4.69) is 14.8 Å². The number of carboxylic acids is 1. The van der Waals surface area contributed by atoms with Gasteiger partial charge in [-0.05, 0) is 18.8 Å². The van der Waals surface area contributed by atoms with Gasteiger partial charge in [0.15, 0.2) is 0 Å². The van der Waals surface area contributed by atoms with Crippen LogP contribution in [0.2, 0.25) is 0 Å². The van der Waals surface area contributed by atoms with Gasteiger partial charge in [-0.25, -0.2) is 0 Å². The number of rotatable bonds is 4. The molecule has 5 nitrogen and oxygen atoms in total. The minimum absolute atomic E-state index is 0.270. The molecule has 2 heterocycles. The molecule has 1 atom stereocenters. The van der Waals surface area contributed by atoms with E-state index < -0.39 is 5.97 Å². The molecule has 1 aliphatic heterocycles. The summed E-state index contributed by atoms with van der Waals surface area (Å²) in [5.41, 5.74) is 0. The van der Waals surface area contributed by atoms with E-state index in [1.54, 1.807) is 0 Å². The Morgan fingerprint density at radius 2 is 2.05 bits per heavy atom. The van der Waals surface area contributed by atoms with Gasteiger partial charge in [-0.15, -0.1) is 10.2 Å². The van der Waals surface area contributed by atoms with Crippen LogP contribution in [-0.2, 0) is 24.2 Å². The molecule has 0 spiro atoms. The van der Waals surface area contributed by atoms with Crippen LogP contribution in [0.4, 0.5) is 0 Å². The predicted octanol–water partition coefficient (Wildman–Crippen LogP) is 2.05. The molecule has 0 aromatic carbocycles. The summed E-state index contributed by atoms with van der Waals surface area (Å²) in [5, 5.41) is 17.6. The lowest BCUT2D eigenvalue weighted by Gasteiger charge is -2.21. The van der Waals surface area contributed by atoms with E-state index in [1.807, 2.05) is 0 Å². The van der Waals surface area contributed by atoms with Gasteiger partial charge < -0.3 is 9.67 Å². The second kappa shape index (κ2) is 5.31. The second-order valence-electron chi connectivity index (χ2n) is 5.91. The summed E-state index contributed by atoms with van der Waals surface area (Å²) in [6.07, 6.45) is 8.98. The zero-order valence-corrected chi connectivity index (χ0v) is 11.2. The Balaban J connectivity index is 1.66. The lowest BCUT2D eigenvalue weighted by Crippen LogP contribution is -2.27. The number of carbonyl (C=O) groups is 1. The summed E-state index contributed by atoms with van der Waals surface area (Å²) in [7, 11) is 0. The van der Waals surface area contributed by atoms with Gasteiger partial charge in [0.2, 0.25) is 0 Å². The number of aliphatic carboxylic acids is 1. The molecule has 1 aromatic heterocycles. The highest BCUT2D eigenvalue weighted by atomic mass is 16.4. The highest BCUT2D eigenvalue weighted by molar-refractivity contribution is 5.70. The number of nitrogens with zero attached hydrogens (tertiary/aromatic N) is 3. The standard InChI is InChI=1S/C14H21N3O2/c18-14(19)11-6-8-13-16-15-12(17(13)9-11)7-5-10-3-1-2-4-10/h10-11H,1-9H2,(H,18,19). The Labute approximate surface area is 113 Å². The van der Waals surface area contributed by atoms with Gasteiger partial charge >= 0.3 is 5.97 Å². The average Bonchev–Trinajstić information content (AvgIpc) is 3.05. The van der Waals surface area contributed by atoms with Crippen LogP contribution in [0.3, 0.4) is 0 Å². The SMILES string of the molecule is O=C(O)C1CCc2nnc(CCC3CCCC3)n2C1. The van der Waals surface area contributed by atoms with Crippen molar-refractivity contribution in [2.45, 2.75) is 57.9 Å². The average molecular weight is 263 g/mol. The summed E-state index contributed by atoms with van der Waals surface area (Å²) in [4.78, 5) is 11.1. The molecule has 3 rings (SSSR count). The summed E-state index contributed by atoms with van der Waals surface area (Å²) < 4.78 is 2.05. The van der Waals surface area contributed by atoms with Gasteiger partial charge in [0.1, 0.15) is 11.6 Å². The van der Waals surface area contributed by atoms with Crippen molar-refractivity contribution < 1.29 is 9.90 Å². The number of aryl methyl sites for hydroxylation is 2. The number of fused-ring (bicyclic) bond motifs is 1. The van der Waals surface area contributed by atoms with Gasteiger partial charge in [0.05, 0.1) is 5.92 Å². The topological polar surface area (TPSA) is 68.0 Å². The molecular weight excluding hydrogens is 242 g/mol. The quantitative estimate of drug-likeness (QED) is 0.902. The number of aromatic nitrogens is 3. The Morgan fingerprint density at radius 3 is 2.79 bits per heavy atom. The molecule has 5 heteroatoms. The van der Waals surface area contributed by atoms with Crippen LogP contribution in [0.5, 0.6) is 0 Å². The first-order valence-corrected chi connectivity index (χ1v) is 7.38. The lowest BCUT2D eigenvalue weighted by atomic mass is 9.98. The van der Waals surface area contributed by atoms with Crippen molar-refractivity contribution in [3.8, 4) is 0 Å². The fraction of sp³-hybridized carbons (Fsp3) is 0.786. The van der Waals surface area contributed by atoms with Crippen molar-refractivity contribution in [2.75, 3.05) is 0 Å². The molecule has 1 aromatic rings. The Kier molecular flexibility index (Phi) is 3.53. The number of hydrogen-bond acceptors (Lipinski definition) is 3. The highest BCUT2D eigenvalue weighted by Gasteiger charge is 2.27. The molecule has 1 fully saturated rings. The van der Waals surface area contributed by atoms with Crippen LogP contribution in [0, 0.1) is 11.8 Å². The van der Waals surface area contributed by atoms with Crippen molar-refractivity contribution in [1.82, 2.24) is 14.8 Å². The fourth-order valence-electron chi connectivity index (χ4n) is 3.40. The highest BCUT2D eigenvalue weighted by Crippen LogP contribution is 2.29. The third kappa shape index (κ3) is 2.65. The maximum Gasteiger partial charge on any atom is 0.308 e. The van der Waals surface area contributed by atoms with Crippen LogP contribution in [0.1, 0.15) is 50.2 Å². The molecule has 104 valence electrons. The maximum absolute atomic E-state index is 11.1. The molecule has 0 bridgehead atoms. The van der Waals surface area contributed by atoms with Crippen LogP contribution >= 0.6 is 0 Å². The van der Waals surface area contributed by atoms with Crippen molar-refractivity contribution in [1.29, 1.82) is 0 Å². The van der Waals surface area contributed by atoms with Crippen molar-refractivity contribution in [2.24, 2.45) is 11.8 Å². The largest absolute Gasteiger partial charge is 0.481 e. The van der Waals surface area contributed by atoms with Crippen molar-refractivity contribution in [3.63, 3.8) is 0 Å². The Morgan fingerprint density at radius 1 is 1.26 bits per heavy atom. The van der Waals surface area contributed by atoms with E-state index in [0.29, 0.717) is 13.0 Å². The fourth-order valence-corrected chi connectivity index (χ4v) is 3.40. The molecule has 19 heavy (non-hydrogen) atoms. The molecule has 1 aliphatic carbocycles. The van der Waals surface area contributed by atoms with E-state index in [9.17, 15) is 4.79 Å². The Hall–Kier alpha value is -1.39. The van der Waals surface area contributed by atoms with E-state index in [4.69, 9.17) is 5.11 Å². The normalized spacial score (nSPS) is 23.5. The van der Waals surface area contributed by atoms with Crippen LogP contribution < -0.4 is 0 Å². The molecule has 0 radical (unpaired) electrons. The minimum atomic E-state index is -0.693. The predicted molar refractivity (Wildman–Crippen MR) is 69.7 cm³/mol. The Bertz CT molecular complexity index is 463. The molecule has 0 saturated heterocycles. The number of hydrogen-bond donors (Lipinski definition) is 1. The van der Waals surface area contributed by atoms with E-state index in [1.165, 1.54) is 32.1 Å². The second-order valence-corrected chi connectivity index (χ2v) is 5.91. The lowest BCUT2D eigenvalue weighted by molar-refractivity contribution is -0.142. The molecule has 1 saturated carbocycles. The van der Waals surface area contributed by atoms with Gasteiger partial charge in [-0.3, -0.25) is 4.79 Å². The minimum Gasteiger partial charge on any atom is -0.481 e. The van der Waals surface area contributed by atoms with Gasteiger partial charge in [-0.1, -0.05) is 25.7 Å². The maximum atomic E-state index is 11.1. The van der Waals surface area contributed by atoms with Gasteiger partial charge in [-0.2, -0.15) is 0 Å². The molecule has 2 aliphatic rings. The van der Waals surface area contributed by atoms with Crippen molar-refractivity contribution >= 4 is 5.97 Å².